The first-order chi connectivity index (χ1) is 10.5. The summed E-state index contributed by atoms with van der Waals surface area (Å²) in [6.07, 6.45) is 0.346. The Kier molecular flexibility index (Phi) is 5.38. The Morgan fingerprint density at radius 2 is 1.86 bits per heavy atom. The Bertz CT molecular complexity index is 537. The Morgan fingerprint density at radius 3 is 2.45 bits per heavy atom. The Morgan fingerprint density at radius 1 is 1.23 bits per heavy atom. The summed E-state index contributed by atoms with van der Waals surface area (Å²) in [5, 5.41) is 0. The van der Waals surface area contributed by atoms with Crippen molar-refractivity contribution >= 4 is 11.8 Å². The van der Waals surface area contributed by atoms with Gasteiger partial charge in [0.05, 0.1) is 19.6 Å². The highest BCUT2D eigenvalue weighted by atomic mass is 16.5. The molecule has 0 spiro atoms. The van der Waals surface area contributed by atoms with Crippen molar-refractivity contribution in [1.82, 2.24) is 9.80 Å². The van der Waals surface area contributed by atoms with Gasteiger partial charge in [-0.2, -0.15) is 0 Å². The van der Waals surface area contributed by atoms with Gasteiger partial charge in [0.15, 0.2) is 0 Å². The Labute approximate surface area is 130 Å². The molecular weight excluding hydrogens is 282 g/mol. The van der Waals surface area contributed by atoms with Crippen molar-refractivity contribution in [3.05, 3.63) is 29.8 Å². The molecule has 1 atom stereocenters. The van der Waals surface area contributed by atoms with E-state index in [-0.39, 0.29) is 11.8 Å². The summed E-state index contributed by atoms with van der Waals surface area (Å²) in [5.74, 6) is 0.763. The van der Waals surface area contributed by atoms with Crippen LogP contribution in [0.3, 0.4) is 0 Å². The fourth-order valence-electron chi connectivity index (χ4n) is 2.53. The standard InChI is InChI=1S/C16H23N3O3/c1-12(17)16(21)19-8-6-18(7-9-19)15(20)11-13-4-3-5-14(10-13)22-2/h3-5,10,12H,6-9,11,17H2,1-2H3/t12-/m1/s1. The number of hydrogen-bond donors (Lipinski definition) is 1. The molecule has 0 saturated carbocycles. The summed E-state index contributed by atoms with van der Waals surface area (Å²) in [4.78, 5) is 27.7. The highest BCUT2D eigenvalue weighted by Gasteiger charge is 2.25. The van der Waals surface area contributed by atoms with Gasteiger partial charge in [-0.15, -0.1) is 0 Å². The molecule has 1 aliphatic heterocycles. The Balaban J connectivity index is 1.88. The maximum atomic E-state index is 12.3. The van der Waals surface area contributed by atoms with E-state index in [0.29, 0.717) is 32.6 Å². The van der Waals surface area contributed by atoms with Crippen LogP contribution in [0.4, 0.5) is 0 Å². The maximum absolute atomic E-state index is 12.3. The zero-order valence-electron chi connectivity index (χ0n) is 13.1. The molecule has 1 saturated heterocycles. The molecule has 2 amide bonds. The molecule has 1 aliphatic rings. The maximum Gasteiger partial charge on any atom is 0.239 e. The number of hydrogen-bond acceptors (Lipinski definition) is 4. The molecule has 22 heavy (non-hydrogen) atoms. The number of piperazine rings is 1. The van der Waals surface area contributed by atoms with Crippen molar-refractivity contribution in [2.24, 2.45) is 5.73 Å². The van der Waals surface area contributed by atoms with Crippen LogP contribution in [0.1, 0.15) is 12.5 Å². The second kappa shape index (κ2) is 7.26. The lowest BCUT2D eigenvalue weighted by Crippen LogP contribution is -2.54. The molecule has 6 heteroatoms. The van der Waals surface area contributed by atoms with Crippen LogP contribution in [0.15, 0.2) is 24.3 Å². The van der Waals surface area contributed by atoms with Crippen molar-refractivity contribution in [3.63, 3.8) is 0 Å². The highest BCUT2D eigenvalue weighted by molar-refractivity contribution is 5.82. The van der Waals surface area contributed by atoms with Crippen LogP contribution < -0.4 is 10.5 Å². The van der Waals surface area contributed by atoms with Crippen molar-refractivity contribution in [3.8, 4) is 5.75 Å². The van der Waals surface area contributed by atoms with Gasteiger partial charge in [-0.1, -0.05) is 12.1 Å². The third-order valence-corrected chi connectivity index (χ3v) is 3.82. The minimum absolute atomic E-state index is 0.0557. The number of nitrogens with two attached hydrogens (primary N) is 1. The molecule has 1 aromatic rings. The monoisotopic (exact) mass is 305 g/mol. The van der Waals surface area contributed by atoms with Gasteiger partial charge >= 0.3 is 0 Å². The average Bonchev–Trinajstić information content (AvgIpc) is 2.54. The van der Waals surface area contributed by atoms with Gasteiger partial charge < -0.3 is 20.3 Å². The minimum Gasteiger partial charge on any atom is -0.497 e. The normalized spacial score (nSPS) is 16.3. The number of benzene rings is 1. The molecule has 0 unspecified atom stereocenters. The molecule has 0 bridgehead atoms. The van der Waals surface area contributed by atoms with Gasteiger partial charge in [-0.25, -0.2) is 0 Å². The molecule has 6 nitrogen and oxygen atoms in total. The van der Waals surface area contributed by atoms with E-state index in [1.165, 1.54) is 0 Å². The number of nitrogens with zero attached hydrogens (tertiary/aromatic N) is 2. The molecule has 1 aromatic carbocycles. The summed E-state index contributed by atoms with van der Waals surface area (Å²) in [6.45, 7) is 3.89. The molecule has 2 N–H and O–H groups in total. The second-order valence-corrected chi connectivity index (χ2v) is 5.52. The molecule has 120 valence electrons. The number of rotatable bonds is 4. The summed E-state index contributed by atoms with van der Waals surface area (Å²) in [5.41, 5.74) is 6.54. The van der Waals surface area contributed by atoms with Crippen LogP contribution in [-0.2, 0) is 16.0 Å². The molecule has 1 heterocycles. The van der Waals surface area contributed by atoms with E-state index < -0.39 is 6.04 Å². The largest absolute Gasteiger partial charge is 0.497 e. The van der Waals surface area contributed by atoms with E-state index in [9.17, 15) is 9.59 Å². The van der Waals surface area contributed by atoms with E-state index in [0.717, 1.165) is 11.3 Å². The van der Waals surface area contributed by atoms with E-state index in [1.807, 2.05) is 24.3 Å². The van der Waals surface area contributed by atoms with E-state index in [1.54, 1.807) is 23.8 Å². The van der Waals surface area contributed by atoms with Crippen molar-refractivity contribution in [2.75, 3.05) is 33.3 Å². The first kappa shape index (κ1) is 16.3. The van der Waals surface area contributed by atoms with Crippen LogP contribution in [0, 0.1) is 0 Å². The smallest absolute Gasteiger partial charge is 0.239 e. The van der Waals surface area contributed by atoms with E-state index in [2.05, 4.69) is 0 Å². The highest BCUT2D eigenvalue weighted by Crippen LogP contribution is 2.14. The lowest BCUT2D eigenvalue weighted by molar-refractivity contribution is -0.139. The molecular formula is C16H23N3O3. The van der Waals surface area contributed by atoms with Crippen LogP contribution in [-0.4, -0.2) is 60.9 Å². The van der Waals surface area contributed by atoms with E-state index >= 15 is 0 Å². The minimum atomic E-state index is -0.487. The number of carbonyl (C=O) groups is 2. The van der Waals surface area contributed by atoms with Gasteiger partial charge in [0, 0.05) is 26.2 Å². The summed E-state index contributed by atoms with van der Waals surface area (Å²) >= 11 is 0. The molecule has 0 aromatic heterocycles. The summed E-state index contributed by atoms with van der Waals surface area (Å²) < 4.78 is 5.16. The third kappa shape index (κ3) is 3.98. The number of methoxy groups -OCH3 is 1. The fourth-order valence-corrected chi connectivity index (χ4v) is 2.53. The van der Waals surface area contributed by atoms with Crippen molar-refractivity contribution in [2.45, 2.75) is 19.4 Å². The number of amides is 2. The summed E-state index contributed by atoms with van der Waals surface area (Å²) in [6, 6.07) is 7.02. The molecule has 0 aliphatic carbocycles. The van der Waals surface area contributed by atoms with Crippen molar-refractivity contribution in [1.29, 1.82) is 0 Å². The molecule has 0 radical (unpaired) electrons. The topological polar surface area (TPSA) is 75.9 Å². The lowest BCUT2D eigenvalue weighted by atomic mass is 10.1. The molecule has 2 rings (SSSR count). The van der Waals surface area contributed by atoms with Gasteiger partial charge in [-0.3, -0.25) is 9.59 Å². The van der Waals surface area contributed by atoms with Crippen LogP contribution >= 0.6 is 0 Å². The zero-order valence-corrected chi connectivity index (χ0v) is 13.1. The van der Waals surface area contributed by atoms with Gasteiger partial charge in [0.25, 0.3) is 0 Å². The van der Waals surface area contributed by atoms with Crippen LogP contribution in [0.25, 0.3) is 0 Å². The predicted octanol–water partition coefficient (Wildman–Crippen LogP) is 0.256. The number of carbonyl (C=O) groups excluding carboxylic acids is 2. The van der Waals surface area contributed by atoms with Crippen molar-refractivity contribution < 1.29 is 14.3 Å². The fraction of sp³-hybridized carbons (Fsp3) is 0.500. The summed E-state index contributed by atoms with van der Waals surface area (Å²) in [7, 11) is 1.61. The van der Waals surface area contributed by atoms with E-state index in [4.69, 9.17) is 10.5 Å². The number of ether oxygens (including phenoxy) is 1. The second-order valence-electron chi connectivity index (χ2n) is 5.52. The average molecular weight is 305 g/mol. The zero-order chi connectivity index (χ0) is 16.1. The van der Waals surface area contributed by atoms with Gasteiger partial charge in [0.1, 0.15) is 5.75 Å². The van der Waals surface area contributed by atoms with Crippen LogP contribution in [0.2, 0.25) is 0 Å². The quantitative estimate of drug-likeness (QED) is 0.865. The third-order valence-electron chi connectivity index (χ3n) is 3.82. The predicted molar refractivity (Wildman–Crippen MR) is 83.5 cm³/mol. The first-order valence-corrected chi connectivity index (χ1v) is 7.46. The SMILES string of the molecule is COc1cccc(CC(=O)N2CCN(C(=O)[C@@H](C)N)CC2)c1. The Hall–Kier alpha value is -2.08. The first-order valence-electron chi connectivity index (χ1n) is 7.46. The van der Waals surface area contributed by atoms with Crippen LogP contribution in [0.5, 0.6) is 5.75 Å². The van der Waals surface area contributed by atoms with Gasteiger partial charge in [0.2, 0.25) is 11.8 Å². The molecule has 1 fully saturated rings. The van der Waals surface area contributed by atoms with Gasteiger partial charge in [-0.05, 0) is 24.6 Å². The lowest BCUT2D eigenvalue weighted by Gasteiger charge is -2.35.